The maximum Gasteiger partial charge on any atom is 0.128 e. The number of anilines is 1. The summed E-state index contributed by atoms with van der Waals surface area (Å²) in [5, 5.41) is 4.92. The molecular formula is C20H17ClN2O. The SMILES string of the molecule is Clc1cccc(NN=Cc2ccccc2OCc2ccccc2)c1. The molecule has 0 aromatic heterocycles. The van der Waals surface area contributed by atoms with E-state index in [1.165, 1.54) is 0 Å². The monoisotopic (exact) mass is 336 g/mol. The van der Waals surface area contributed by atoms with Crippen molar-refractivity contribution in [2.45, 2.75) is 6.61 Å². The highest BCUT2D eigenvalue weighted by Crippen LogP contribution is 2.18. The molecule has 3 aromatic carbocycles. The normalized spacial score (nSPS) is 10.7. The number of ether oxygens (including phenoxy) is 1. The maximum atomic E-state index is 5.95. The Labute approximate surface area is 146 Å². The Kier molecular flexibility index (Phi) is 5.48. The van der Waals surface area contributed by atoms with Crippen LogP contribution in [0.2, 0.25) is 5.02 Å². The van der Waals surface area contributed by atoms with Gasteiger partial charge in [-0.2, -0.15) is 5.10 Å². The highest BCUT2D eigenvalue weighted by Gasteiger charge is 2.01. The summed E-state index contributed by atoms with van der Waals surface area (Å²) in [5.41, 5.74) is 5.83. The fourth-order valence-corrected chi connectivity index (χ4v) is 2.38. The highest BCUT2D eigenvalue weighted by atomic mass is 35.5. The predicted octanol–water partition coefficient (Wildman–Crippen LogP) is 5.37. The van der Waals surface area contributed by atoms with E-state index in [-0.39, 0.29) is 0 Å². The second-order valence-corrected chi connectivity index (χ2v) is 5.63. The molecule has 0 atom stereocenters. The van der Waals surface area contributed by atoms with Gasteiger partial charge in [-0.1, -0.05) is 60.1 Å². The van der Waals surface area contributed by atoms with Crippen LogP contribution in [0.3, 0.4) is 0 Å². The third-order valence-corrected chi connectivity index (χ3v) is 3.61. The topological polar surface area (TPSA) is 33.6 Å². The van der Waals surface area contributed by atoms with Crippen molar-refractivity contribution in [3.63, 3.8) is 0 Å². The van der Waals surface area contributed by atoms with Crippen molar-refractivity contribution in [3.05, 3.63) is 95.0 Å². The van der Waals surface area contributed by atoms with Crippen molar-refractivity contribution in [1.82, 2.24) is 0 Å². The molecule has 0 unspecified atom stereocenters. The molecule has 120 valence electrons. The third-order valence-electron chi connectivity index (χ3n) is 3.38. The van der Waals surface area contributed by atoms with E-state index in [2.05, 4.69) is 10.5 Å². The van der Waals surface area contributed by atoms with Crippen LogP contribution in [-0.2, 0) is 6.61 Å². The van der Waals surface area contributed by atoms with E-state index in [0.717, 1.165) is 22.6 Å². The maximum absolute atomic E-state index is 5.95. The summed E-state index contributed by atoms with van der Waals surface area (Å²) >= 11 is 5.95. The standard InChI is InChI=1S/C20H17ClN2O/c21-18-10-6-11-19(13-18)23-22-14-17-9-4-5-12-20(17)24-15-16-7-2-1-3-8-16/h1-14,23H,15H2. The van der Waals surface area contributed by atoms with Crippen molar-refractivity contribution >= 4 is 23.5 Å². The molecule has 0 radical (unpaired) electrons. The second-order valence-electron chi connectivity index (χ2n) is 5.19. The minimum absolute atomic E-state index is 0.521. The lowest BCUT2D eigenvalue weighted by Crippen LogP contribution is -1.99. The summed E-state index contributed by atoms with van der Waals surface area (Å²) in [7, 11) is 0. The Hall–Kier alpha value is -2.78. The van der Waals surface area contributed by atoms with E-state index in [1.807, 2.05) is 78.9 Å². The van der Waals surface area contributed by atoms with E-state index >= 15 is 0 Å². The van der Waals surface area contributed by atoms with Crippen molar-refractivity contribution in [2.75, 3.05) is 5.43 Å². The fraction of sp³-hybridized carbons (Fsp3) is 0.0500. The van der Waals surface area contributed by atoms with Gasteiger partial charge in [0.25, 0.3) is 0 Å². The number of nitrogens with zero attached hydrogens (tertiary/aromatic N) is 1. The van der Waals surface area contributed by atoms with Gasteiger partial charge in [0, 0.05) is 10.6 Å². The summed E-state index contributed by atoms with van der Waals surface area (Å²) in [4.78, 5) is 0. The average Bonchev–Trinajstić information content (AvgIpc) is 2.62. The van der Waals surface area contributed by atoms with Gasteiger partial charge < -0.3 is 4.74 Å². The lowest BCUT2D eigenvalue weighted by Gasteiger charge is -2.09. The summed E-state index contributed by atoms with van der Waals surface area (Å²) in [5.74, 6) is 0.790. The fourth-order valence-electron chi connectivity index (χ4n) is 2.19. The van der Waals surface area contributed by atoms with Crippen LogP contribution in [0.5, 0.6) is 5.75 Å². The summed E-state index contributed by atoms with van der Waals surface area (Å²) in [6, 6.07) is 25.3. The molecule has 0 saturated carbocycles. The van der Waals surface area contributed by atoms with Crippen LogP contribution in [0.25, 0.3) is 0 Å². The van der Waals surface area contributed by atoms with E-state index in [0.29, 0.717) is 11.6 Å². The van der Waals surface area contributed by atoms with Gasteiger partial charge in [0.1, 0.15) is 12.4 Å². The Morgan fingerprint density at radius 3 is 2.54 bits per heavy atom. The van der Waals surface area contributed by atoms with Gasteiger partial charge in [-0.15, -0.1) is 0 Å². The zero-order valence-corrected chi connectivity index (χ0v) is 13.8. The van der Waals surface area contributed by atoms with Crippen molar-refractivity contribution in [1.29, 1.82) is 0 Å². The van der Waals surface area contributed by atoms with Gasteiger partial charge in [-0.25, -0.2) is 0 Å². The molecule has 0 spiro atoms. The molecule has 0 bridgehead atoms. The molecule has 0 fully saturated rings. The van der Waals surface area contributed by atoms with Crippen LogP contribution in [-0.4, -0.2) is 6.21 Å². The van der Waals surface area contributed by atoms with Gasteiger partial charge in [-0.05, 0) is 35.9 Å². The number of hydrogen-bond donors (Lipinski definition) is 1. The molecule has 0 saturated heterocycles. The number of rotatable bonds is 6. The van der Waals surface area contributed by atoms with Crippen LogP contribution in [0.4, 0.5) is 5.69 Å². The first-order valence-corrected chi connectivity index (χ1v) is 7.99. The molecule has 0 heterocycles. The molecule has 3 nitrogen and oxygen atoms in total. The first-order chi connectivity index (χ1) is 11.8. The van der Waals surface area contributed by atoms with Crippen LogP contribution in [0.15, 0.2) is 84.0 Å². The molecule has 0 amide bonds. The minimum atomic E-state index is 0.521. The van der Waals surface area contributed by atoms with Gasteiger partial charge in [0.15, 0.2) is 0 Å². The lowest BCUT2D eigenvalue weighted by molar-refractivity contribution is 0.306. The number of hydrazone groups is 1. The zero-order valence-electron chi connectivity index (χ0n) is 13.0. The highest BCUT2D eigenvalue weighted by molar-refractivity contribution is 6.30. The summed E-state index contributed by atoms with van der Waals surface area (Å²) < 4.78 is 5.90. The van der Waals surface area contributed by atoms with Gasteiger partial charge >= 0.3 is 0 Å². The molecule has 0 aliphatic carbocycles. The number of halogens is 1. The number of benzene rings is 3. The Balaban J connectivity index is 1.66. The van der Waals surface area contributed by atoms with Crippen LogP contribution < -0.4 is 10.2 Å². The van der Waals surface area contributed by atoms with Gasteiger partial charge in [0.2, 0.25) is 0 Å². The molecule has 3 aromatic rings. The van der Waals surface area contributed by atoms with E-state index in [1.54, 1.807) is 6.21 Å². The van der Waals surface area contributed by atoms with E-state index in [4.69, 9.17) is 16.3 Å². The predicted molar refractivity (Wildman–Crippen MR) is 99.9 cm³/mol. The smallest absolute Gasteiger partial charge is 0.128 e. The van der Waals surface area contributed by atoms with Crippen LogP contribution >= 0.6 is 11.6 Å². The molecule has 0 aliphatic heterocycles. The van der Waals surface area contributed by atoms with Gasteiger partial charge in [-0.3, -0.25) is 5.43 Å². The molecule has 0 aliphatic rings. The largest absolute Gasteiger partial charge is 0.488 e. The Morgan fingerprint density at radius 1 is 0.917 bits per heavy atom. The third kappa shape index (κ3) is 4.61. The van der Waals surface area contributed by atoms with Gasteiger partial charge in [0.05, 0.1) is 11.9 Å². The lowest BCUT2D eigenvalue weighted by atomic mass is 10.2. The van der Waals surface area contributed by atoms with Crippen molar-refractivity contribution in [2.24, 2.45) is 5.10 Å². The minimum Gasteiger partial charge on any atom is -0.488 e. The number of nitrogens with one attached hydrogen (secondary N) is 1. The Bertz CT molecular complexity index is 819. The zero-order chi connectivity index (χ0) is 16.6. The second kappa shape index (κ2) is 8.18. The quantitative estimate of drug-likeness (QED) is 0.485. The summed E-state index contributed by atoms with van der Waals surface area (Å²) in [6.07, 6.45) is 1.74. The van der Waals surface area contributed by atoms with Crippen molar-refractivity contribution < 1.29 is 4.74 Å². The van der Waals surface area contributed by atoms with Crippen molar-refractivity contribution in [3.8, 4) is 5.75 Å². The number of hydrogen-bond acceptors (Lipinski definition) is 3. The molecular weight excluding hydrogens is 320 g/mol. The number of para-hydroxylation sites is 1. The van der Waals surface area contributed by atoms with Crippen LogP contribution in [0.1, 0.15) is 11.1 Å². The van der Waals surface area contributed by atoms with Crippen LogP contribution in [0, 0.1) is 0 Å². The van der Waals surface area contributed by atoms with E-state index < -0.39 is 0 Å². The average molecular weight is 337 g/mol. The first kappa shape index (κ1) is 16.1. The Morgan fingerprint density at radius 2 is 1.71 bits per heavy atom. The molecule has 1 N–H and O–H groups in total. The van der Waals surface area contributed by atoms with E-state index in [9.17, 15) is 0 Å². The molecule has 3 rings (SSSR count). The first-order valence-electron chi connectivity index (χ1n) is 7.62. The molecule has 24 heavy (non-hydrogen) atoms. The molecule has 4 heteroatoms. The summed E-state index contributed by atoms with van der Waals surface area (Å²) in [6.45, 7) is 0.521.